The first-order valence-corrected chi connectivity index (χ1v) is 6.78. The average molecular weight is 299 g/mol. The second-order valence-corrected chi connectivity index (χ2v) is 6.24. The molecule has 0 radical (unpaired) electrons. The molecule has 18 heavy (non-hydrogen) atoms. The minimum absolute atomic E-state index is 0.0979. The monoisotopic (exact) mass is 298 g/mol. The second kappa shape index (κ2) is 5.38. The third kappa shape index (κ3) is 3.09. The Bertz CT molecular complexity index is 526. The molecular weight excluding hydrogens is 286 g/mol. The molecule has 0 saturated heterocycles. The van der Waals surface area contributed by atoms with Crippen molar-refractivity contribution in [1.82, 2.24) is 4.31 Å². The number of benzene rings is 1. The van der Waals surface area contributed by atoms with Crippen molar-refractivity contribution in [3.05, 3.63) is 22.7 Å². The van der Waals surface area contributed by atoms with Crippen LogP contribution in [0.1, 0.15) is 5.56 Å². The number of sulfonamides is 1. The third-order valence-corrected chi connectivity index (χ3v) is 4.68. The van der Waals surface area contributed by atoms with Crippen LogP contribution >= 0.6 is 11.6 Å². The minimum atomic E-state index is -3.98. The lowest BCUT2D eigenvalue weighted by Crippen LogP contribution is -2.31. The number of halogens is 3. The number of anilines is 1. The summed E-state index contributed by atoms with van der Waals surface area (Å²) in [5.41, 5.74) is 6.13. The van der Waals surface area contributed by atoms with Crippen molar-refractivity contribution >= 4 is 27.3 Å². The van der Waals surface area contributed by atoms with Gasteiger partial charge in [0.25, 0.3) is 6.43 Å². The molecule has 0 atom stereocenters. The van der Waals surface area contributed by atoms with Crippen LogP contribution < -0.4 is 5.73 Å². The molecule has 0 bridgehead atoms. The van der Waals surface area contributed by atoms with E-state index < -0.39 is 23.0 Å². The molecule has 4 nitrogen and oxygen atoms in total. The van der Waals surface area contributed by atoms with Crippen molar-refractivity contribution in [3.63, 3.8) is 0 Å². The molecule has 0 saturated carbocycles. The minimum Gasteiger partial charge on any atom is -0.397 e. The van der Waals surface area contributed by atoms with Crippen LogP contribution in [0.25, 0.3) is 0 Å². The zero-order chi connectivity index (χ0) is 14.1. The summed E-state index contributed by atoms with van der Waals surface area (Å²) in [6, 6.07) is 2.46. The normalized spacial score (nSPS) is 12.4. The molecule has 0 amide bonds. The van der Waals surface area contributed by atoms with Gasteiger partial charge >= 0.3 is 0 Å². The summed E-state index contributed by atoms with van der Waals surface area (Å²) >= 11 is 5.81. The first-order chi connectivity index (χ1) is 8.16. The third-order valence-electron chi connectivity index (χ3n) is 2.36. The Morgan fingerprint density at radius 1 is 1.44 bits per heavy atom. The Hall–Kier alpha value is -0.920. The van der Waals surface area contributed by atoms with Crippen LogP contribution in [0.15, 0.2) is 17.0 Å². The van der Waals surface area contributed by atoms with E-state index in [-0.39, 0.29) is 15.6 Å². The van der Waals surface area contributed by atoms with Crippen molar-refractivity contribution in [2.45, 2.75) is 18.2 Å². The Balaban J connectivity index is 3.21. The molecule has 0 fully saturated rings. The summed E-state index contributed by atoms with van der Waals surface area (Å²) in [6.07, 6.45) is -2.74. The molecule has 102 valence electrons. The fraction of sp³-hybridized carbons (Fsp3) is 0.400. The van der Waals surface area contributed by atoms with E-state index in [0.29, 0.717) is 9.87 Å². The van der Waals surface area contributed by atoms with Crippen molar-refractivity contribution in [1.29, 1.82) is 0 Å². The van der Waals surface area contributed by atoms with Gasteiger partial charge < -0.3 is 5.73 Å². The summed E-state index contributed by atoms with van der Waals surface area (Å²) in [4.78, 5) is -0.148. The molecule has 0 aromatic heterocycles. The van der Waals surface area contributed by atoms with Crippen LogP contribution in [-0.4, -0.2) is 32.7 Å². The number of nitrogens with zero attached hydrogens (tertiary/aromatic N) is 1. The molecule has 1 rings (SSSR count). The largest absolute Gasteiger partial charge is 0.397 e. The number of alkyl halides is 2. The molecule has 0 unspecified atom stereocenters. The van der Waals surface area contributed by atoms with E-state index >= 15 is 0 Å². The SMILES string of the molecule is Cc1cc(S(=O)(=O)N(C)CC(F)F)cc(N)c1Cl. The number of nitrogen functional groups attached to an aromatic ring is 1. The van der Waals surface area contributed by atoms with Gasteiger partial charge in [-0.15, -0.1) is 0 Å². The lowest BCUT2D eigenvalue weighted by Gasteiger charge is -2.17. The van der Waals surface area contributed by atoms with Gasteiger partial charge in [-0.1, -0.05) is 11.6 Å². The topological polar surface area (TPSA) is 63.4 Å². The Labute approximate surface area is 109 Å². The first kappa shape index (κ1) is 15.1. The molecule has 0 aliphatic rings. The quantitative estimate of drug-likeness (QED) is 0.866. The Morgan fingerprint density at radius 3 is 2.44 bits per heavy atom. The van der Waals surface area contributed by atoms with E-state index in [2.05, 4.69) is 0 Å². The first-order valence-electron chi connectivity index (χ1n) is 4.96. The summed E-state index contributed by atoms with van der Waals surface area (Å²) in [5.74, 6) is 0. The summed E-state index contributed by atoms with van der Waals surface area (Å²) < 4.78 is 48.9. The predicted octanol–water partition coefficient (Wildman–Crippen LogP) is 2.12. The van der Waals surface area contributed by atoms with E-state index in [0.717, 1.165) is 13.1 Å². The average Bonchev–Trinajstić information content (AvgIpc) is 2.24. The Morgan fingerprint density at radius 2 is 2.00 bits per heavy atom. The second-order valence-electron chi connectivity index (χ2n) is 3.82. The van der Waals surface area contributed by atoms with Crippen LogP contribution in [0.4, 0.5) is 14.5 Å². The van der Waals surface area contributed by atoms with Gasteiger partial charge in [0, 0.05) is 7.05 Å². The fourth-order valence-corrected chi connectivity index (χ4v) is 2.76. The van der Waals surface area contributed by atoms with E-state index in [1.807, 2.05) is 0 Å². The highest BCUT2D eigenvalue weighted by Crippen LogP contribution is 2.28. The van der Waals surface area contributed by atoms with Gasteiger partial charge in [-0.05, 0) is 24.6 Å². The summed E-state index contributed by atoms with van der Waals surface area (Å²) in [5, 5.41) is 0.255. The van der Waals surface area contributed by atoms with Crippen LogP contribution in [0.5, 0.6) is 0 Å². The van der Waals surface area contributed by atoms with Gasteiger partial charge in [-0.3, -0.25) is 0 Å². The molecule has 0 spiro atoms. The smallest absolute Gasteiger partial charge is 0.252 e. The lowest BCUT2D eigenvalue weighted by molar-refractivity contribution is 0.126. The molecule has 8 heteroatoms. The van der Waals surface area contributed by atoms with Crippen LogP contribution in [0.2, 0.25) is 5.02 Å². The maximum atomic E-state index is 12.2. The lowest BCUT2D eigenvalue weighted by atomic mass is 10.2. The van der Waals surface area contributed by atoms with Gasteiger partial charge in [0.15, 0.2) is 0 Å². The highest BCUT2D eigenvalue weighted by molar-refractivity contribution is 7.89. The molecule has 2 N–H and O–H groups in total. The Kier molecular flexibility index (Phi) is 4.52. The highest BCUT2D eigenvalue weighted by Gasteiger charge is 2.24. The maximum Gasteiger partial charge on any atom is 0.252 e. The summed E-state index contributed by atoms with van der Waals surface area (Å²) in [7, 11) is -2.90. The number of rotatable bonds is 4. The molecule has 0 aliphatic carbocycles. The van der Waals surface area contributed by atoms with E-state index in [9.17, 15) is 17.2 Å². The fourth-order valence-electron chi connectivity index (χ4n) is 1.38. The van der Waals surface area contributed by atoms with Gasteiger partial charge in [0.1, 0.15) is 0 Å². The highest BCUT2D eigenvalue weighted by atomic mass is 35.5. The van der Waals surface area contributed by atoms with Crippen LogP contribution in [-0.2, 0) is 10.0 Å². The number of hydrogen-bond donors (Lipinski definition) is 1. The number of hydrogen-bond acceptors (Lipinski definition) is 3. The zero-order valence-electron chi connectivity index (χ0n) is 9.82. The van der Waals surface area contributed by atoms with E-state index in [1.165, 1.54) is 6.07 Å². The van der Waals surface area contributed by atoms with E-state index in [4.69, 9.17) is 17.3 Å². The number of aryl methyl sites for hydroxylation is 1. The summed E-state index contributed by atoms with van der Waals surface area (Å²) in [6.45, 7) is 0.717. The standard InChI is InChI=1S/C10H13ClF2N2O2S/c1-6-3-7(4-8(14)10(6)11)18(16,17)15(2)5-9(12)13/h3-4,9H,5,14H2,1-2H3. The van der Waals surface area contributed by atoms with Gasteiger partial charge in [0.05, 0.1) is 22.2 Å². The van der Waals surface area contributed by atoms with Crippen molar-refractivity contribution in [2.24, 2.45) is 0 Å². The van der Waals surface area contributed by atoms with Gasteiger partial charge in [0.2, 0.25) is 10.0 Å². The van der Waals surface area contributed by atoms with Crippen molar-refractivity contribution in [3.8, 4) is 0 Å². The molecular formula is C10H13ClF2N2O2S. The molecule has 1 aromatic rings. The maximum absolute atomic E-state index is 12.2. The van der Waals surface area contributed by atoms with Crippen molar-refractivity contribution in [2.75, 3.05) is 19.3 Å². The number of nitrogens with two attached hydrogens (primary N) is 1. The van der Waals surface area contributed by atoms with Crippen LogP contribution in [0, 0.1) is 6.92 Å². The zero-order valence-corrected chi connectivity index (χ0v) is 11.4. The molecule has 1 aromatic carbocycles. The van der Waals surface area contributed by atoms with Gasteiger partial charge in [-0.2, -0.15) is 4.31 Å². The van der Waals surface area contributed by atoms with Gasteiger partial charge in [-0.25, -0.2) is 17.2 Å². The van der Waals surface area contributed by atoms with Crippen molar-refractivity contribution < 1.29 is 17.2 Å². The predicted molar refractivity (Wildman–Crippen MR) is 66.4 cm³/mol. The van der Waals surface area contributed by atoms with Crippen LogP contribution in [0.3, 0.4) is 0 Å². The molecule has 0 aliphatic heterocycles. The van der Waals surface area contributed by atoms with E-state index in [1.54, 1.807) is 6.92 Å². The molecule has 0 heterocycles.